The molecule has 0 amide bonds. The maximum atomic E-state index is 8.96. The first kappa shape index (κ1) is 6.89. The Bertz CT molecular complexity index is 235. The van der Waals surface area contributed by atoms with E-state index in [-0.39, 0.29) is 5.75 Å². The molecule has 0 aliphatic rings. The molecule has 1 rings (SSSR count). The van der Waals surface area contributed by atoms with Crippen LogP contribution in [0.4, 0.5) is 5.69 Å². The van der Waals surface area contributed by atoms with Gasteiger partial charge in [-0.25, -0.2) is 0 Å². The Balaban J connectivity index is 3.07. The average molecular weight is 138 g/mol. The minimum atomic E-state index is 0.261. The molecule has 4 N–H and O–H groups in total. The highest BCUT2D eigenvalue weighted by molar-refractivity contribution is 5.52. The standard InChI is InChI=1S/C7H10N2O/c1-5-4-6(10)2-3-7(5)9-8/h2-4,9-10H,8H2,1H3. The van der Waals surface area contributed by atoms with Gasteiger partial charge in [-0.2, -0.15) is 0 Å². The molecule has 0 spiro atoms. The second-order valence-corrected chi connectivity index (χ2v) is 2.14. The Kier molecular flexibility index (Phi) is 1.78. The van der Waals surface area contributed by atoms with Crippen LogP contribution in [0.1, 0.15) is 5.56 Å². The first-order valence-corrected chi connectivity index (χ1v) is 3.00. The summed E-state index contributed by atoms with van der Waals surface area (Å²) < 4.78 is 0. The maximum Gasteiger partial charge on any atom is 0.115 e. The number of nitrogen functional groups attached to an aromatic ring is 1. The van der Waals surface area contributed by atoms with Gasteiger partial charge in [0.1, 0.15) is 5.75 Å². The molecule has 0 saturated heterocycles. The summed E-state index contributed by atoms with van der Waals surface area (Å²) in [6.07, 6.45) is 0. The van der Waals surface area contributed by atoms with Crippen molar-refractivity contribution in [2.75, 3.05) is 5.43 Å². The molecule has 0 radical (unpaired) electrons. The van der Waals surface area contributed by atoms with E-state index < -0.39 is 0 Å². The van der Waals surface area contributed by atoms with Crippen LogP contribution in [0.5, 0.6) is 5.75 Å². The fourth-order valence-electron chi connectivity index (χ4n) is 0.810. The van der Waals surface area contributed by atoms with Crippen LogP contribution in [0.2, 0.25) is 0 Å². The molecular formula is C7H10N2O. The number of hydrogen-bond acceptors (Lipinski definition) is 3. The van der Waals surface area contributed by atoms with Crippen molar-refractivity contribution in [2.24, 2.45) is 5.84 Å². The van der Waals surface area contributed by atoms with E-state index in [4.69, 9.17) is 10.9 Å². The maximum absolute atomic E-state index is 8.96. The van der Waals surface area contributed by atoms with E-state index in [1.165, 1.54) is 0 Å². The van der Waals surface area contributed by atoms with E-state index in [1.54, 1.807) is 18.2 Å². The van der Waals surface area contributed by atoms with Crippen LogP contribution in [0, 0.1) is 6.92 Å². The number of nitrogens with two attached hydrogens (primary N) is 1. The van der Waals surface area contributed by atoms with Gasteiger partial charge in [0.25, 0.3) is 0 Å². The lowest BCUT2D eigenvalue weighted by Gasteiger charge is -2.03. The largest absolute Gasteiger partial charge is 0.508 e. The van der Waals surface area contributed by atoms with Crippen molar-refractivity contribution in [1.82, 2.24) is 0 Å². The Morgan fingerprint density at radius 2 is 2.20 bits per heavy atom. The number of anilines is 1. The van der Waals surface area contributed by atoms with Gasteiger partial charge in [0.05, 0.1) is 5.69 Å². The zero-order valence-corrected chi connectivity index (χ0v) is 5.76. The molecule has 0 aliphatic heterocycles. The van der Waals surface area contributed by atoms with Crippen LogP contribution in [0.3, 0.4) is 0 Å². The Morgan fingerprint density at radius 1 is 1.50 bits per heavy atom. The van der Waals surface area contributed by atoms with Gasteiger partial charge < -0.3 is 10.5 Å². The molecule has 0 heterocycles. The molecule has 0 fully saturated rings. The first-order valence-electron chi connectivity index (χ1n) is 3.00. The Labute approximate surface area is 59.5 Å². The molecule has 10 heavy (non-hydrogen) atoms. The van der Waals surface area contributed by atoms with E-state index in [1.807, 2.05) is 6.92 Å². The molecule has 3 nitrogen and oxygen atoms in total. The SMILES string of the molecule is Cc1cc(O)ccc1NN. The van der Waals surface area contributed by atoms with Crippen molar-refractivity contribution in [2.45, 2.75) is 6.92 Å². The summed E-state index contributed by atoms with van der Waals surface area (Å²) in [5.41, 5.74) is 4.28. The molecule has 54 valence electrons. The molecular weight excluding hydrogens is 128 g/mol. The number of hydrogen-bond donors (Lipinski definition) is 3. The smallest absolute Gasteiger partial charge is 0.115 e. The molecule has 0 saturated carbocycles. The van der Waals surface area contributed by atoms with E-state index >= 15 is 0 Å². The van der Waals surface area contributed by atoms with Gasteiger partial charge in [-0.05, 0) is 30.7 Å². The fourth-order valence-corrected chi connectivity index (χ4v) is 0.810. The van der Waals surface area contributed by atoms with Gasteiger partial charge in [0.15, 0.2) is 0 Å². The van der Waals surface area contributed by atoms with Crippen molar-refractivity contribution >= 4 is 5.69 Å². The number of hydrazine groups is 1. The van der Waals surface area contributed by atoms with Crippen LogP contribution in [0.15, 0.2) is 18.2 Å². The molecule has 0 unspecified atom stereocenters. The fraction of sp³-hybridized carbons (Fsp3) is 0.143. The van der Waals surface area contributed by atoms with Gasteiger partial charge in [0.2, 0.25) is 0 Å². The molecule has 0 aromatic heterocycles. The predicted molar refractivity (Wildman–Crippen MR) is 40.7 cm³/mol. The summed E-state index contributed by atoms with van der Waals surface area (Å²) in [5.74, 6) is 5.43. The van der Waals surface area contributed by atoms with E-state index in [0.717, 1.165) is 11.3 Å². The highest BCUT2D eigenvalue weighted by Gasteiger charge is 1.94. The van der Waals surface area contributed by atoms with Gasteiger partial charge in [-0.15, -0.1) is 0 Å². The normalized spacial score (nSPS) is 9.40. The molecule has 3 heteroatoms. The number of nitrogens with one attached hydrogen (secondary N) is 1. The molecule has 1 aromatic carbocycles. The lowest BCUT2D eigenvalue weighted by molar-refractivity contribution is 0.475. The number of phenolic OH excluding ortho intramolecular Hbond substituents is 1. The highest BCUT2D eigenvalue weighted by atomic mass is 16.3. The second-order valence-electron chi connectivity index (χ2n) is 2.14. The monoisotopic (exact) mass is 138 g/mol. The summed E-state index contributed by atoms with van der Waals surface area (Å²) in [6, 6.07) is 4.96. The van der Waals surface area contributed by atoms with Crippen LogP contribution < -0.4 is 11.3 Å². The van der Waals surface area contributed by atoms with Gasteiger partial charge in [-0.1, -0.05) is 0 Å². The number of phenols is 1. The van der Waals surface area contributed by atoms with Crippen molar-refractivity contribution in [3.63, 3.8) is 0 Å². The summed E-state index contributed by atoms with van der Waals surface area (Å²) in [6.45, 7) is 1.87. The quantitative estimate of drug-likeness (QED) is 0.308. The molecule has 1 aromatic rings. The minimum Gasteiger partial charge on any atom is -0.508 e. The topological polar surface area (TPSA) is 58.3 Å². The third kappa shape index (κ3) is 1.19. The third-order valence-electron chi connectivity index (χ3n) is 1.37. The van der Waals surface area contributed by atoms with Gasteiger partial charge >= 0.3 is 0 Å². The van der Waals surface area contributed by atoms with Crippen LogP contribution in [-0.2, 0) is 0 Å². The van der Waals surface area contributed by atoms with Crippen LogP contribution in [-0.4, -0.2) is 5.11 Å². The van der Waals surface area contributed by atoms with Gasteiger partial charge in [-0.3, -0.25) is 5.84 Å². The number of aromatic hydroxyl groups is 1. The van der Waals surface area contributed by atoms with Crippen molar-refractivity contribution in [3.05, 3.63) is 23.8 Å². The summed E-state index contributed by atoms with van der Waals surface area (Å²) >= 11 is 0. The predicted octanol–water partition coefficient (Wildman–Crippen LogP) is 0.986. The average Bonchev–Trinajstić information content (AvgIpc) is 1.88. The van der Waals surface area contributed by atoms with Crippen molar-refractivity contribution in [3.8, 4) is 5.75 Å². The number of rotatable bonds is 1. The van der Waals surface area contributed by atoms with E-state index in [9.17, 15) is 0 Å². The third-order valence-corrected chi connectivity index (χ3v) is 1.37. The lowest BCUT2D eigenvalue weighted by atomic mass is 10.2. The van der Waals surface area contributed by atoms with Crippen molar-refractivity contribution < 1.29 is 5.11 Å². The Hall–Kier alpha value is -1.22. The van der Waals surface area contributed by atoms with E-state index in [0.29, 0.717) is 0 Å². The minimum absolute atomic E-state index is 0.261. The van der Waals surface area contributed by atoms with Crippen molar-refractivity contribution in [1.29, 1.82) is 0 Å². The highest BCUT2D eigenvalue weighted by Crippen LogP contribution is 2.18. The number of aryl methyl sites for hydroxylation is 1. The van der Waals surface area contributed by atoms with Gasteiger partial charge in [0, 0.05) is 0 Å². The first-order chi connectivity index (χ1) is 4.74. The summed E-state index contributed by atoms with van der Waals surface area (Å²) in [7, 11) is 0. The molecule has 0 atom stereocenters. The Morgan fingerprint density at radius 3 is 2.70 bits per heavy atom. The summed E-state index contributed by atoms with van der Waals surface area (Å²) in [4.78, 5) is 0. The van der Waals surface area contributed by atoms with Crippen LogP contribution in [0.25, 0.3) is 0 Å². The lowest BCUT2D eigenvalue weighted by Crippen LogP contribution is -2.07. The van der Waals surface area contributed by atoms with E-state index in [2.05, 4.69) is 5.43 Å². The number of benzene rings is 1. The summed E-state index contributed by atoms with van der Waals surface area (Å²) in [5, 5.41) is 8.96. The van der Waals surface area contributed by atoms with Crippen LogP contribution >= 0.6 is 0 Å². The zero-order chi connectivity index (χ0) is 7.56. The molecule has 0 aliphatic carbocycles. The molecule has 0 bridgehead atoms. The zero-order valence-electron chi connectivity index (χ0n) is 5.76. The second kappa shape index (κ2) is 2.58.